The van der Waals surface area contributed by atoms with Crippen molar-refractivity contribution >= 4 is 5.97 Å². The first-order valence-corrected chi connectivity index (χ1v) is 9.34. The Morgan fingerprint density at radius 3 is 2.54 bits per heavy atom. The molecule has 1 aromatic carbocycles. The van der Waals surface area contributed by atoms with Crippen LogP contribution < -0.4 is 0 Å². The molecule has 1 radical (unpaired) electrons. The number of carbonyl (C=O) groups excluding carboxylic acids is 1. The zero-order valence-corrected chi connectivity index (χ0v) is 15.5. The lowest BCUT2D eigenvalue weighted by Crippen LogP contribution is -2.28. The fourth-order valence-electron chi connectivity index (χ4n) is 3.35. The predicted octanol–water partition coefficient (Wildman–Crippen LogP) is 5.74. The van der Waals surface area contributed by atoms with Crippen molar-refractivity contribution < 1.29 is 14.6 Å². The molecule has 1 saturated carbocycles. The lowest BCUT2D eigenvalue weighted by atomic mass is 9.75. The van der Waals surface area contributed by atoms with Gasteiger partial charge in [0.25, 0.3) is 0 Å². The number of benzene rings is 1. The molecule has 0 heterocycles. The van der Waals surface area contributed by atoms with Crippen LogP contribution in [0, 0.1) is 23.9 Å². The third-order valence-corrected chi connectivity index (χ3v) is 4.97. The maximum absolute atomic E-state index is 12.2. The van der Waals surface area contributed by atoms with Gasteiger partial charge in [-0.3, -0.25) is 4.89 Å². The summed E-state index contributed by atoms with van der Waals surface area (Å²) in [4.78, 5) is 22.9. The van der Waals surface area contributed by atoms with Crippen LogP contribution in [0.5, 0.6) is 0 Å². The van der Waals surface area contributed by atoms with E-state index in [1.807, 2.05) is 24.3 Å². The molecule has 0 aromatic heterocycles. The molecule has 2 atom stereocenters. The summed E-state index contributed by atoms with van der Waals surface area (Å²) < 4.78 is 0. The van der Waals surface area contributed by atoms with Crippen molar-refractivity contribution in [3.63, 3.8) is 0 Å². The molecule has 0 aliphatic heterocycles. The third-order valence-electron chi connectivity index (χ3n) is 4.97. The zero-order chi connectivity index (χ0) is 17.5. The van der Waals surface area contributed by atoms with Gasteiger partial charge < -0.3 is 0 Å². The standard InChI is InChI=1S/C21H31O3/c1-5-6-7-17-9-11-18(12-10-17)21(22)24-23-20-14-16(4)8-13-19(20)15(2)3/h9-12,15-16,19H,5-8,13-14H2,1-4H3. The summed E-state index contributed by atoms with van der Waals surface area (Å²) in [5, 5.41) is 0. The topological polar surface area (TPSA) is 35.5 Å². The van der Waals surface area contributed by atoms with Crippen LogP contribution in [-0.2, 0) is 16.2 Å². The summed E-state index contributed by atoms with van der Waals surface area (Å²) in [6, 6.07) is 7.65. The van der Waals surface area contributed by atoms with Crippen LogP contribution in [0.25, 0.3) is 0 Å². The van der Waals surface area contributed by atoms with Crippen molar-refractivity contribution in [1.29, 1.82) is 0 Å². The van der Waals surface area contributed by atoms with Crippen molar-refractivity contribution in [2.75, 3.05) is 0 Å². The molecule has 1 aliphatic carbocycles. The molecule has 0 spiro atoms. The largest absolute Gasteiger partial charge is 0.373 e. The van der Waals surface area contributed by atoms with Crippen molar-refractivity contribution in [3.8, 4) is 0 Å². The number of hydrogen-bond acceptors (Lipinski definition) is 3. The van der Waals surface area contributed by atoms with E-state index in [2.05, 4.69) is 27.7 Å². The minimum atomic E-state index is -0.412. The van der Waals surface area contributed by atoms with E-state index >= 15 is 0 Å². The smallest absolute Gasteiger partial charge is 0.292 e. The number of carbonyl (C=O) groups is 1. The molecule has 24 heavy (non-hydrogen) atoms. The van der Waals surface area contributed by atoms with Crippen LogP contribution in [-0.4, -0.2) is 5.97 Å². The van der Waals surface area contributed by atoms with Gasteiger partial charge in [0.1, 0.15) is 0 Å². The Bertz CT molecular complexity index is 506. The summed E-state index contributed by atoms with van der Waals surface area (Å²) in [5.74, 6) is 1.06. The molecule has 2 unspecified atom stereocenters. The molecule has 0 N–H and O–H groups in total. The highest BCUT2D eigenvalue weighted by Gasteiger charge is 2.34. The Balaban J connectivity index is 1.89. The zero-order valence-electron chi connectivity index (χ0n) is 15.5. The maximum atomic E-state index is 12.2. The highest BCUT2D eigenvalue weighted by atomic mass is 17.2. The minimum Gasteiger partial charge on any atom is -0.292 e. The molecular formula is C21H31O3. The third kappa shape index (κ3) is 5.34. The quantitative estimate of drug-likeness (QED) is 0.472. The first kappa shape index (κ1) is 19.0. The normalized spacial score (nSPS) is 21.9. The molecule has 2 rings (SSSR count). The molecule has 1 fully saturated rings. The molecule has 3 heteroatoms. The van der Waals surface area contributed by atoms with Gasteiger partial charge in [-0.15, -0.1) is 0 Å². The Morgan fingerprint density at radius 2 is 1.92 bits per heavy atom. The molecule has 0 amide bonds. The fourth-order valence-corrected chi connectivity index (χ4v) is 3.35. The van der Waals surface area contributed by atoms with Gasteiger partial charge in [-0.25, -0.2) is 4.79 Å². The molecule has 3 nitrogen and oxygen atoms in total. The second-order valence-corrected chi connectivity index (χ2v) is 7.46. The molecule has 0 saturated heterocycles. The van der Waals surface area contributed by atoms with Gasteiger partial charge in [0.05, 0.1) is 5.56 Å². The van der Waals surface area contributed by atoms with Gasteiger partial charge in [-0.05, 0) is 61.1 Å². The Hall–Kier alpha value is -1.35. The molecule has 1 aliphatic rings. The number of rotatable bonds is 7. The first-order valence-electron chi connectivity index (χ1n) is 9.34. The Morgan fingerprint density at radius 1 is 1.21 bits per heavy atom. The fraction of sp³-hybridized carbons (Fsp3) is 0.619. The van der Waals surface area contributed by atoms with Gasteiger partial charge >= 0.3 is 5.97 Å². The summed E-state index contributed by atoms with van der Waals surface area (Å²) >= 11 is 0. The number of aryl methyl sites for hydroxylation is 1. The Kier molecular flexibility index (Phi) is 7.29. The lowest BCUT2D eigenvalue weighted by Gasteiger charge is -2.34. The van der Waals surface area contributed by atoms with E-state index in [9.17, 15) is 4.79 Å². The summed E-state index contributed by atoms with van der Waals surface area (Å²) in [6.45, 7) is 8.79. The predicted molar refractivity (Wildman–Crippen MR) is 96.1 cm³/mol. The van der Waals surface area contributed by atoms with E-state index in [1.54, 1.807) is 0 Å². The van der Waals surface area contributed by atoms with E-state index < -0.39 is 5.97 Å². The van der Waals surface area contributed by atoms with E-state index in [0.29, 0.717) is 23.3 Å². The van der Waals surface area contributed by atoms with Gasteiger partial charge in [0, 0.05) is 0 Å². The van der Waals surface area contributed by atoms with Crippen LogP contribution in [0.15, 0.2) is 24.3 Å². The van der Waals surface area contributed by atoms with E-state index in [-0.39, 0.29) is 0 Å². The van der Waals surface area contributed by atoms with Crippen molar-refractivity contribution in [3.05, 3.63) is 41.5 Å². The Labute approximate surface area is 146 Å². The summed E-state index contributed by atoms with van der Waals surface area (Å²) in [5.41, 5.74) is 1.80. The highest BCUT2D eigenvalue weighted by molar-refractivity contribution is 5.88. The second-order valence-electron chi connectivity index (χ2n) is 7.46. The van der Waals surface area contributed by atoms with Crippen LogP contribution in [0.1, 0.15) is 75.7 Å². The monoisotopic (exact) mass is 331 g/mol. The summed E-state index contributed by atoms with van der Waals surface area (Å²) in [6.07, 6.45) is 7.52. The molecule has 133 valence electrons. The van der Waals surface area contributed by atoms with Crippen molar-refractivity contribution in [1.82, 2.24) is 0 Å². The SMILES string of the molecule is CCCCc1ccc(C(=O)OO[C]2CC(C)CCC2C(C)C)cc1. The number of hydrogen-bond donors (Lipinski definition) is 0. The molecule has 0 bridgehead atoms. The van der Waals surface area contributed by atoms with Gasteiger partial charge in [0.2, 0.25) is 0 Å². The van der Waals surface area contributed by atoms with Crippen LogP contribution in [0.4, 0.5) is 0 Å². The van der Waals surface area contributed by atoms with Crippen LogP contribution in [0.3, 0.4) is 0 Å². The molecule has 1 aromatic rings. The summed E-state index contributed by atoms with van der Waals surface area (Å²) in [7, 11) is 0. The van der Waals surface area contributed by atoms with E-state index in [0.717, 1.165) is 25.4 Å². The average molecular weight is 331 g/mol. The van der Waals surface area contributed by atoms with Gasteiger partial charge in [-0.1, -0.05) is 52.7 Å². The molecular weight excluding hydrogens is 300 g/mol. The van der Waals surface area contributed by atoms with E-state index in [4.69, 9.17) is 9.78 Å². The van der Waals surface area contributed by atoms with Gasteiger partial charge in [0.15, 0.2) is 6.10 Å². The van der Waals surface area contributed by atoms with Crippen LogP contribution >= 0.6 is 0 Å². The van der Waals surface area contributed by atoms with Crippen LogP contribution in [0.2, 0.25) is 0 Å². The minimum absolute atomic E-state index is 0.380. The van der Waals surface area contributed by atoms with E-state index in [1.165, 1.54) is 24.8 Å². The first-order chi connectivity index (χ1) is 11.5. The second kappa shape index (κ2) is 9.22. The van der Waals surface area contributed by atoms with Crippen molar-refractivity contribution in [2.24, 2.45) is 17.8 Å². The maximum Gasteiger partial charge on any atom is 0.373 e. The number of unbranched alkanes of at least 4 members (excludes halogenated alkanes) is 1. The van der Waals surface area contributed by atoms with Gasteiger partial charge in [-0.2, -0.15) is 4.89 Å². The average Bonchev–Trinajstić information content (AvgIpc) is 2.58. The van der Waals surface area contributed by atoms with Crippen molar-refractivity contribution in [2.45, 2.75) is 66.2 Å². The highest BCUT2D eigenvalue weighted by Crippen LogP contribution is 2.40. The lowest BCUT2D eigenvalue weighted by molar-refractivity contribution is -0.251.